The van der Waals surface area contributed by atoms with Crippen molar-refractivity contribution in [1.82, 2.24) is 0 Å². The van der Waals surface area contributed by atoms with Gasteiger partial charge in [0.1, 0.15) is 6.10 Å². The van der Waals surface area contributed by atoms with Crippen LogP contribution in [0.3, 0.4) is 0 Å². The molecule has 0 aliphatic heterocycles. The smallest absolute Gasteiger partial charge is 0.338 e. The average Bonchev–Trinajstić information content (AvgIpc) is 2.41. The van der Waals surface area contributed by atoms with Crippen molar-refractivity contribution in [2.45, 2.75) is 46.1 Å². The van der Waals surface area contributed by atoms with Crippen LogP contribution in [0.5, 0.6) is 0 Å². The molecule has 1 saturated carbocycles. The predicted molar refractivity (Wildman–Crippen MR) is 87.0 cm³/mol. The Hall–Kier alpha value is -0.730. The van der Waals surface area contributed by atoms with E-state index < -0.39 is 0 Å². The summed E-state index contributed by atoms with van der Waals surface area (Å²) < 4.78 is 5.78. The number of hydrogen-bond acceptors (Lipinski definition) is 2. The van der Waals surface area contributed by atoms with Gasteiger partial charge in [-0.2, -0.15) is 0 Å². The quantitative estimate of drug-likeness (QED) is 0.674. The minimum absolute atomic E-state index is 0.00398. The molecule has 2 nitrogen and oxygen atoms in total. The van der Waals surface area contributed by atoms with E-state index in [0.29, 0.717) is 33.4 Å². The van der Waals surface area contributed by atoms with Gasteiger partial charge in [-0.05, 0) is 48.8 Å². The monoisotopic (exact) mass is 328 g/mol. The fourth-order valence-corrected chi connectivity index (χ4v) is 3.38. The van der Waals surface area contributed by atoms with Crippen molar-refractivity contribution in [1.29, 1.82) is 0 Å². The van der Waals surface area contributed by atoms with Crippen LogP contribution in [0.15, 0.2) is 18.2 Å². The van der Waals surface area contributed by atoms with Gasteiger partial charge in [0.15, 0.2) is 0 Å². The number of hydrogen-bond donors (Lipinski definition) is 0. The molecule has 1 aromatic rings. The maximum atomic E-state index is 12.3. The van der Waals surface area contributed by atoms with Crippen LogP contribution in [0.1, 0.15) is 50.4 Å². The van der Waals surface area contributed by atoms with Gasteiger partial charge in [-0.25, -0.2) is 4.79 Å². The second-order valence-corrected chi connectivity index (χ2v) is 7.21. The summed E-state index contributed by atoms with van der Waals surface area (Å²) in [7, 11) is 0. The minimum atomic E-state index is -0.307. The Morgan fingerprint density at radius 2 is 1.95 bits per heavy atom. The van der Waals surface area contributed by atoms with E-state index in [4.69, 9.17) is 27.9 Å². The molecule has 0 unspecified atom stereocenters. The first-order valence-corrected chi connectivity index (χ1v) is 8.30. The summed E-state index contributed by atoms with van der Waals surface area (Å²) in [4.78, 5) is 12.3. The van der Waals surface area contributed by atoms with Gasteiger partial charge < -0.3 is 4.74 Å². The maximum Gasteiger partial charge on any atom is 0.338 e. The standard InChI is InChI=1S/C17H22Cl2O2/c1-10(2)13-6-4-11(3)8-16(13)21-17(20)12-5-7-14(18)15(19)9-12/h5,7,9-11,13,16H,4,6,8H2,1-3H3/t11-,13+,16+/m0/s1. The highest BCUT2D eigenvalue weighted by molar-refractivity contribution is 6.42. The lowest BCUT2D eigenvalue weighted by Gasteiger charge is -2.36. The molecule has 116 valence electrons. The van der Waals surface area contributed by atoms with E-state index in [9.17, 15) is 4.79 Å². The predicted octanol–water partition coefficient (Wildman–Crippen LogP) is 5.61. The lowest BCUT2D eigenvalue weighted by atomic mass is 9.75. The topological polar surface area (TPSA) is 26.3 Å². The number of halogens is 2. The molecule has 0 heterocycles. The van der Waals surface area contributed by atoms with Crippen LogP contribution in [-0.4, -0.2) is 12.1 Å². The molecule has 1 aliphatic carbocycles. The molecule has 21 heavy (non-hydrogen) atoms. The highest BCUT2D eigenvalue weighted by atomic mass is 35.5. The fourth-order valence-electron chi connectivity index (χ4n) is 3.08. The number of benzene rings is 1. The van der Waals surface area contributed by atoms with Crippen molar-refractivity contribution in [2.75, 3.05) is 0 Å². The number of rotatable bonds is 3. The van der Waals surface area contributed by atoms with Crippen molar-refractivity contribution in [3.05, 3.63) is 33.8 Å². The highest BCUT2D eigenvalue weighted by Gasteiger charge is 2.33. The van der Waals surface area contributed by atoms with Gasteiger partial charge in [-0.1, -0.05) is 50.4 Å². The van der Waals surface area contributed by atoms with Crippen molar-refractivity contribution in [3.8, 4) is 0 Å². The van der Waals surface area contributed by atoms with Gasteiger partial charge in [0.25, 0.3) is 0 Å². The molecule has 1 fully saturated rings. The average molecular weight is 329 g/mol. The van der Waals surface area contributed by atoms with Crippen LogP contribution >= 0.6 is 23.2 Å². The van der Waals surface area contributed by atoms with E-state index in [1.165, 1.54) is 6.42 Å². The Labute approximate surface area is 136 Å². The van der Waals surface area contributed by atoms with E-state index in [2.05, 4.69) is 20.8 Å². The van der Waals surface area contributed by atoms with Gasteiger partial charge in [0.05, 0.1) is 15.6 Å². The second-order valence-electron chi connectivity index (χ2n) is 6.40. The molecule has 2 rings (SSSR count). The van der Waals surface area contributed by atoms with E-state index in [1.807, 2.05) is 0 Å². The van der Waals surface area contributed by atoms with Crippen LogP contribution in [0.2, 0.25) is 10.0 Å². The summed E-state index contributed by atoms with van der Waals surface area (Å²) in [5, 5.41) is 0.822. The molecular formula is C17H22Cl2O2. The zero-order valence-electron chi connectivity index (χ0n) is 12.7. The van der Waals surface area contributed by atoms with Crippen molar-refractivity contribution < 1.29 is 9.53 Å². The van der Waals surface area contributed by atoms with Gasteiger partial charge in [0.2, 0.25) is 0 Å². The van der Waals surface area contributed by atoms with Crippen molar-refractivity contribution >= 4 is 29.2 Å². The first kappa shape index (κ1) is 16.6. The summed E-state index contributed by atoms with van der Waals surface area (Å²) in [6.45, 7) is 6.61. The molecule has 0 spiro atoms. The summed E-state index contributed by atoms with van der Waals surface area (Å²) >= 11 is 11.8. The van der Waals surface area contributed by atoms with Gasteiger partial charge >= 0.3 is 5.97 Å². The third-order valence-electron chi connectivity index (χ3n) is 4.38. The largest absolute Gasteiger partial charge is 0.458 e. The minimum Gasteiger partial charge on any atom is -0.458 e. The molecule has 3 atom stereocenters. The molecule has 0 saturated heterocycles. The summed E-state index contributed by atoms with van der Waals surface area (Å²) in [5.74, 6) is 1.25. The Morgan fingerprint density at radius 1 is 1.24 bits per heavy atom. The lowest BCUT2D eigenvalue weighted by Crippen LogP contribution is -2.35. The molecular weight excluding hydrogens is 307 g/mol. The van der Waals surface area contributed by atoms with Crippen LogP contribution in [0.25, 0.3) is 0 Å². The molecule has 0 N–H and O–H groups in total. The molecule has 1 aliphatic rings. The Morgan fingerprint density at radius 3 is 2.57 bits per heavy atom. The van der Waals surface area contributed by atoms with Crippen LogP contribution < -0.4 is 0 Å². The van der Waals surface area contributed by atoms with Crippen molar-refractivity contribution in [3.63, 3.8) is 0 Å². The third kappa shape index (κ3) is 4.14. The molecule has 0 amide bonds. The number of carbonyl (C=O) groups is 1. The fraction of sp³-hybridized carbons (Fsp3) is 0.588. The van der Waals surface area contributed by atoms with E-state index in [0.717, 1.165) is 12.8 Å². The van der Waals surface area contributed by atoms with Gasteiger partial charge in [0, 0.05) is 0 Å². The van der Waals surface area contributed by atoms with E-state index in [-0.39, 0.29) is 12.1 Å². The normalized spacial score (nSPS) is 25.9. The lowest BCUT2D eigenvalue weighted by molar-refractivity contribution is -0.0174. The van der Waals surface area contributed by atoms with Crippen LogP contribution in [0.4, 0.5) is 0 Å². The molecule has 0 aromatic heterocycles. The number of esters is 1. The summed E-state index contributed by atoms with van der Waals surface area (Å²) in [6.07, 6.45) is 3.27. The van der Waals surface area contributed by atoms with E-state index in [1.54, 1.807) is 18.2 Å². The molecule has 4 heteroatoms. The van der Waals surface area contributed by atoms with Crippen LogP contribution in [-0.2, 0) is 4.74 Å². The van der Waals surface area contributed by atoms with Gasteiger partial charge in [-0.3, -0.25) is 0 Å². The molecule has 1 aromatic carbocycles. The Kier molecular flexibility index (Phi) is 5.56. The van der Waals surface area contributed by atoms with Crippen molar-refractivity contribution in [2.24, 2.45) is 17.8 Å². The summed E-state index contributed by atoms with van der Waals surface area (Å²) in [6, 6.07) is 4.86. The van der Waals surface area contributed by atoms with Crippen LogP contribution in [0, 0.1) is 17.8 Å². The first-order valence-electron chi connectivity index (χ1n) is 7.54. The molecule has 0 bridgehead atoms. The zero-order chi connectivity index (χ0) is 15.6. The highest BCUT2D eigenvalue weighted by Crippen LogP contribution is 2.36. The Balaban J connectivity index is 2.10. The Bertz CT molecular complexity index is 514. The molecule has 0 radical (unpaired) electrons. The summed E-state index contributed by atoms with van der Waals surface area (Å²) in [5.41, 5.74) is 0.463. The van der Waals surface area contributed by atoms with E-state index >= 15 is 0 Å². The number of ether oxygens (including phenoxy) is 1. The van der Waals surface area contributed by atoms with Gasteiger partial charge in [-0.15, -0.1) is 0 Å². The first-order chi connectivity index (χ1) is 9.88. The third-order valence-corrected chi connectivity index (χ3v) is 5.11. The second kappa shape index (κ2) is 7.02. The SMILES string of the molecule is CC(C)[C@H]1CC[C@H](C)C[C@H]1OC(=O)c1ccc(Cl)c(Cl)c1. The number of carbonyl (C=O) groups excluding carboxylic acids is 1. The zero-order valence-corrected chi connectivity index (χ0v) is 14.2. The maximum absolute atomic E-state index is 12.3.